The predicted octanol–water partition coefficient (Wildman–Crippen LogP) is 4.86. The monoisotopic (exact) mass is 547 g/mol. The van der Waals surface area contributed by atoms with E-state index < -0.39 is 10.0 Å². The summed E-state index contributed by atoms with van der Waals surface area (Å²) in [5.41, 5.74) is 2.25. The standard InChI is InChI=1S/C24H23BrClN3O3S/c25-22-11-10-20(16-23(22)26)27-24(30)19-8-6-18(7-9-19)17-28-12-14-29(15-13-28)33(31,32)21-4-2-1-3-5-21/h1-11,16H,12-15,17H2,(H,27,30). The van der Waals surface area contributed by atoms with E-state index in [9.17, 15) is 13.2 Å². The third-order valence-electron chi connectivity index (χ3n) is 5.51. The Bertz CT molecular complexity index is 1230. The van der Waals surface area contributed by atoms with Gasteiger partial charge in [0.25, 0.3) is 5.91 Å². The van der Waals surface area contributed by atoms with E-state index in [0.29, 0.717) is 53.9 Å². The van der Waals surface area contributed by atoms with Gasteiger partial charge in [0.1, 0.15) is 0 Å². The third kappa shape index (κ3) is 5.83. The molecule has 1 aliphatic rings. The van der Waals surface area contributed by atoms with E-state index >= 15 is 0 Å². The Balaban J connectivity index is 1.31. The molecule has 3 aromatic carbocycles. The third-order valence-corrected chi connectivity index (χ3v) is 8.66. The van der Waals surface area contributed by atoms with E-state index in [-0.39, 0.29) is 5.91 Å². The Morgan fingerprint density at radius 2 is 1.61 bits per heavy atom. The molecule has 1 saturated heterocycles. The zero-order chi connectivity index (χ0) is 23.4. The molecule has 3 aromatic rings. The normalized spacial score (nSPS) is 15.3. The lowest BCUT2D eigenvalue weighted by molar-refractivity contribution is 0.102. The number of piperazine rings is 1. The quantitative estimate of drug-likeness (QED) is 0.478. The molecule has 33 heavy (non-hydrogen) atoms. The van der Waals surface area contributed by atoms with Crippen LogP contribution in [0.5, 0.6) is 0 Å². The van der Waals surface area contributed by atoms with E-state index in [1.54, 1.807) is 58.9 Å². The van der Waals surface area contributed by atoms with Crippen molar-refractivity contribution in [1.29, 1.82) is 0 Å². The van der Waals surface area contributed by atoms with Crippen LogP contribution >= 0.6 is 27.5 Å². The van der Waals surface area contributed by atoms with Crippen LogP contribution in [0.1, 0.15) is 15.9 Å². The van der Waals surface area contributed by atoms with Crippen LogP contribution in [0.4, 0.5) is 5.69 Å². The van der Waals surface area contributed by atoms with E-state index in [4.69, 9.17) is 11.6 Å². The minimum Gasteiger partial charge on any atom is -0.322 e. The van der Waals surface area contributed by atoms with Gasteiger partial charge in [0.05, 0.1) is 9.92 Å². The van der Waals surface area contributed by atoms with Crippen molar-refractivity contribution in [3.8, 4) is 0 Å². The number of hydrogen-bond donors (Lipinski definition) is 1. The Morgan fingerprint density at radius 1 is 0.939 bits per heavy atom. The molecule has 4 rings (SSSR count). The van der Waals surface area contributed by atoms with Gasteiger partial charge in [-0.05, 0) is 64.0 Å². The number of hydrogen-bond acceptors (Lipinski definition) is 4. The van der Waals surface area contributed by atoms with Crippen LogP contribution in [-0.4, -0.2) is 49.7 Å². The van der Waals surface area contributed by atoms with Gasteiger partial charge in [-0.1, -0.05) is 41.9 Å². The van der Waals surface area contributed by atoms with Crippen molar-refractivity contribution in [3.63, 3.8) is 0 Å². The van der Waals surface area contributed by atoms with E-state index in [1.807, 2.05) is 18.2 Å². The van der Waals surface area contributed by atoms with Crippen LogP contribution in [0.2, 0.25) is 5.02 Å². The Hall–Kier alpha value is -2.23. The van der Waals surface area contributed by atoms with Crippen LogP contribution in [0.15, 0.2) is 82.2 Å². The lowest BCUT2D eigenvalue weighted by atomic mass is 10.1. The zero-order valence-corrected chi connectivity index (χ0v) is 20.9. The van der Waals surface area contributed by atoms with E-state index in [2.05, 4.69) is 26.1 Å². The zero-order valence-electron chi connectivity index (χ0n) is 17.7. The molecule has 1 aliphatic heterocycles. The number of carbonyl (C=O) groups is 1. The van der Waals surface area contributed by atoms with Gasteiger partial charge in [0.2, 0.25) is 10.0 Å². The average molecular weight is 549 g/mol. The SMILES string of the molecule is O=C(Nc1ccc(Br)c(Cl)c1)c1ccc(CN2CCN(S(=O)(=O)c3ccccc3)CC2)cc1. The summed E-state index contributed by atoms with van der Waals surface area (Å²) in [7, 11) is -3.45. The van der Waals surface area contributed by atoms with Crippen LogP contribution < -0.4 is 5.32 Å². The maximum absolute atomic E-state index is 12.8. The summed E-state index contributed by atoms with van der Waals surface area (Å²) in [5, 5.41) is 3.37. The van der Waals surface area contributed by atoms with Crippen molar-refractivity contribution in [3.05, 3.63) is 93.4 Å². The molecule has 0 radical (unpaired) electrons. The smallest absolute Gasteiger partial charge is 0.255 e. The molecule has 0 saturated carbocycles. The summed E-state index contributed by atoms with van der Waals surface area (Å²) in [4.78, 5) is 15.1. The average Bonchev–Trinajstić information content (AvgIpc) is 2.83. The van der Waals surface area contributed by atoms with Gasteiger partial charge >= 0.3 is 0 Å². The largest absolute Gasteiger partial charge is 0.322 e. The second-order valence-corrected chi connectivity index (χ2v) is 11.0. The van der Waals surface area contributed by atoms with Crippen molar-refractivity contribution in [2.75, 3.05) is 31.5 Å². The highest BCUT2D eigenvalue weighted by atomic mass is 79.9. The molecule has 1 heterocycles. The van der Waals surface area contributed by atoms with Gasteiger partial charge < -0.3 is 5.32 Å². The first-order chi connectivity index (χ1) is 15.8. The molecule has 1 fully saturated rings. The molecule has 6 nitrogen and oxygen atoms in total. The fourth-order valence-corrected chi connectivity index (χ4v) is 5.54. The fraction of sp³-hybridized carbons (Fsp3) is 0.208. The Kier molecular flexibility index (Phi) is 7.51. The lowest BCUT2D eigenvalue weighted by Gasteiger charge is -2.34. The molecule has 1 N–H and O–H groups in total. The number of rotatable bonds is 6. The summed E-state index contributed by atoms with van der Waals surface area (Å²) in [6.07, 6.45) is 0. The number of nitrogens with zero attached hydrogens (tertiary/aromatic N) is 2. The van der Waals surface area contributed by atoms with E-state index in [1.165, 1.54) is 0 Å². The Morgan fingerprint density at radius 3 is 2.24 bits per heavy atom. The van der Waals surface area contributed by atoms with Gasteiger partial charge in [-0.15, -0.1) is 0 Å². The summed E-state index contributed by atoms with van der Waals surface area (Å²) < 4.78 is 27.9. The molecule has 0 atom stereocenters. The molecule has 0 spiro atoms. The van der Waals surface area contributed by atoms with E-state index in [0.717, 1.165) is 10.0 Å². The maximum atomic E-state index is 12.8. The first-order valence-corrected chi connectivity index (χ1v) is 13.1. The van der Waals surface area contributed by atoms with Gasteiger partial charge in [0.15, 0.2) is 0 Å². The highest BCUT2D eigenvalue weighted by Crippen LogP contribution is 2.26. The molecule has 9 heteroatoms. The lowest BCUT2D eigenvalue weighted by Crippen LogP contribution is -2.48. The van der Waals surface area contributed by atoms with Crippen LogP contribution in [0, 0.1) is 0 Å². The van der Waals surface area contributed by atoms with Crippen molar-refractivity contribution in [1.82, 2.24) is 9.21 Å². The van der Waals surface area contributed by atoms with Crippen molar-refractivity contribution in [2.45, 2.75) is 11.4 Å². The second kappa shape index (κ2) is 10.4. The highest BCUT2D eigenvalue weighted by molar-refractivity contribution is 9.10. The molecule has 1 amide bonds. The maximum Gasteiger partial charge on any atom is 0.255 e. The number of sulfonamides is 1. The molecule has 0 aromatic heterocycles. The van der Waals surface area contributed by atoms with Gasteiger partial charge in [-0.25, -0.2) is 8.42 Å². The second-order valence-electron chi connectivity index (χ2n) is 7.77. The number of carbonyl (C=O) groups excluding carboxylic acids is 1. The fourth-order valence-electron chi connectivity index (χ4n) is 3.67. The molecular weight excluding hydrogens is 526 g/mol. The van der Waals surface area contributed by atoms with Crippen molar-refractivity contribution in [2.24, 2.45) is 0 Å². The molecule has 0 unspecified atom stereocenters. The molecule has 172 valence electrons. The van der Waals surface area contributed by atoms with Crippen LogP contribution in [0.25, 0.3) is 0 Å². The van der Waals surface area contributed by atoms with Crippen LogP contribution in [-0.2, 0) is 16.6 Å². The number of amides is 1. The van der Waals surface area contributed by atoms with Gasteiger partial charge in [-0.2, -0.15) is 4.31 Å². The number of halogens is 2. The molecule has 0 bridgehead atoms. The molecule has 0 aliphatic carbocycles. The first-order valence-electron chi connectivity index (χ1n) is 10.5. The van der Waals surface area contributed by atoms with Gasteiger partial charge in [-0.3, -0.25) is 9.69 Å². The first kappa shape index (κ1) is 23.9. The Labute approximate surface area is 207 Å². The number of anilines is 1. The van der Waals surface area contributed by atoms with Crippen LogP contribution in [0.3, 0.4) is 0 Å². The van der Waals surface area contributed by atoms with Crippen molar-refractivity contribution < 1.29 is 13.2 Å². The topological polar surface area (TPSA) is 69.7 Å². The summed E-state index contributed by atoms with van der Waals surface area (Å²) in [5.74, 6) is -0.209. The number of nitrogens with one attached hydrogen (secondary N) is 1. The van der Waals surface area contributed by atoms with Gasteiger partial charge in [0, 0.05) is 48.4 Å². The summed E-state index contributed by atoms with van der Waals surface area (Å²) in [6, 6.07) is 21.2. The van der Waals surface area contributed by atoms with Crippen molar-refractivity contribution >= 4 is 49.1 Å². The minimum absolute atomic E-state index is 0.209. The molecular formula is C24H23BrClN3O3S. The highest BCUT2D eigenvalue weighted by Gasteiger charge is 2.28. The number of benzene rings is 3. The summed E-state index contributed by atoms with van der Waals surface area (Å²) in [6.45, 7) is 2.90. The summed E-state index contributed by atoms with van der Waals surface area (Å²) >= 11 is 9.41. The minimum atomic E-state index is -3.45. The predicted molar refractivity (Wildman–Crippen MR) is 134 cm³/mol.